The fourth-order valence-corrected chi connectivity index (χ4v) is 5.74. The van der Waals surface area contributed by atoms with E-state index in [0.29, 0.717) is 36.7 Å². The van der Waals surface area contributed by atoms with Gasteiger partial charge in [-0.2, -0.15) is 0 Å². The van der Waals surface area contributed by atoms with Crippen molar-refractivity contribution in [3.05, 3.63) is 83.3 Å². The quantitative estimate of drug-likeness (QED) is 0.346. The first-order valence-electron chi connectivity index (χ1n) is 14.5. The van der Waals surface area contributed by atoms with Gasteiger partial charge in [0.25, 0.3) is 5.91 Å². The van der Waals surface area contributed by atoms with Gasteiger partial charge >= 0.3 is 6.09 Å². The fraction of sp³-hybridized carbons (Fsp3) is 0.424. The van der Waals surface area contributed by atoms with Gasteiger partial charge in [0.15, 0.2) is 0 Å². The van der Waals surface area contributed by atoms with Crippen LogP contribution in [0.5, 0.6) is 0 Å². The number of aromatic nitrogens is 1. The number of carbonyl (C=O) groups is 2. The minimum Gasteiger partial charge on any atom is -0.444 e. The molecule has 8 nitrogen and oxygen atoms in total. The second-order valence-corrected chi connectivity index (χ2v) is 12.8. The zero-order chi connectivity index (χ0) is 30.1. The number of amides is 2. The molecule has 1 aromatic heterocycles. The molecule has 9 heteroatoms. The maximum absolute atomic E-state index is 13.4. The molecule has 0 spiro atoms. The lowest BCUT2D eigenvalue weighted by Gasteiger charge is -2.39. The summed E-state index contributed by atoms with van der Waals surface area (Å²) in [5.74, 6) is -0.0988. The van der Waals surface area contributed by atoms with Crippen LogP contribution in [0, 0.1) is 5.82 Å². The smallest absolute Gasteiger partial charge is 0.410 e. The number of halogens is 1. The fourth-order valence-electron chi connectivity index (χ4n) is 5.74. The number of rotatable bonds is 6. The Balaban J connectivity index is 1.28. The number of likely N-dealkylation sites (tertiary alicyclic amines) is 1. The first kappa shape index (κ1) is 29.4. The molecule has 2 amide bonds. The summed E-state index contributed by atoms with van der Waals surface area (Å²) in [6, 6.07) is 16.1. The largest absolute Gasteiger partial charge is 0.444 e. The van der Waals surface area contributed by atoms with Crippen LogP contribution in [0.1, 0.15) is 68.9 Å². The Morgan fingerprint density at radius 3 is 2.48 bits per heavy atom. The van der Waals surface area contributed by atoms with Gasteiger partial charge < -0.3 is 25.2 Å². The van der Waals surface area contributed by atoms with Crippen molar-refractivity contribution < 1.29 is 18.7 Å². The molecule has 5 rings (SSSR count). The normalized spacial score (nSPS) is 16.6. The third kappa shape index (κ3) is 6.66. The van der Waals surface area contributed by atoms with Gasteiger partial charge in [-0.25, -0.2) is 14.2 Å². The van der Waals surface area contributed by atoms with E-state index >= 15 is 0 Å². The van der Waals surface area contributed by atoms with Crippen molar-refractivity contribution in [1.29, 1.82) is 0 Å². The number of nitrogens with zero attached hydrogens (tertiary/aromatic N) is 3. The van der Waals surface area contributed by atoms with Crippen molar-refractivity contribution in [2.45, 2.75) is 71.1 Å². The summed E-state index contributed by atoms with van der Waals surface area (Å²) in [7, 11) is 0. The van der Waals surface area contributed by atoms with Gasteiger partial charge in [0.1, 0.15) is 17.2 Å². The van der Waals surface area contributed by atoms with Gasteiger partial charge in [-0.15, -0.1) is 0 Å². The standard InChI is InChI=1S/C33H40FN5O3/c1-32(2,3)42-31(41)38-17-14-25(15-18-38)39-21-33(4,5)27-13-12-24(19-28(27)39)37-30(40)26-7-6-16-35-29(26)36-20-22-8-10-23(34)11-9-22/h6-13,16,19,25H,14-15,17-18,20-21H2,1-5H3,(H,35,36)(H,37,40). The van der Waals surface area contributed by atoms with Gasteiger partial charge in [-0.1, -0.05) is 32.0 Å². The number of hydrogen-bond donors (Lipinski definition) is 2. The number of carbonyl (C=O) groups excluding carboxylic acids is 2. The van der Waals surface area contributed by atoms with Crippen LogP contribution < -0.4 is 15.5 Å². The third-order valence-electron chi connectivity index (χ3n) is 7.84. The van der Waals surface area contributed by atoms with E-state index in [4.69, 9.17) is 4.74 Å². The van der Waals surface area contributed by atoms with E-state index in [2.05, 4.69) is 46.5 Å². The number of hydrogen-bond acceptors (Lipinski definition) is 6. The molecule has 222 valence electrons. The molecule has 0 unspecified atom stereocenters. The molecule has 0 bridgehead atoms. The Kier molecular flexibility index (Phi) is 8.12. The Morgan fingerprint density at radius 1 is 1.07 bits per heavy atom. The number of benzene rings is 2. The Morgan fingerprint density at radius 2 is 1.79 bits per heavy atom. The molecule has 1 saturated heterocycles. The molecule has 2 aliphatic rings. The molecular weight excluding hydrogens is 533 g/mol. The summed E-state index contributed by atoms with van der Waals surface area (Å²) in [6.07, 6.45) is 3.08. The summed E-state index contributed by atoms with van der Waals surface area (Å²) in [5.41, 5.74) is 3.83. The van der Waals surface area contributed by atoms with Gasteiger partial charge in [0, 0.05) is 55.2 Å². The van der Waals surface area contributed by atoms with E-state index < -0.39 is 5.60 Å². The lowest BCUT2D eigenvalue weighted by molar-refractivity contribution is 0.0204. The summed E-state index contributed by atoms with van der Waals surface area (Å²) >= 11 is 0. The highest BCUT2D eigenvalue weighted by Gasteiger charge is 2.40. The maximum Gasteiger partial charge on any atom is 0.410 e. The van der Waals surface area contributed by atoms with Gasteiger partial charge in [0.05, 0.1) is 5.56 Å². The third-order valence-corrected chi connectivity index (χ3v) is 7.84. The average Bonchev–Trinajstić information content (AvgIpc) is 3.22. The lowest BCUT2D eigenvalue weighted by Crippen LogP contribution is -2.48. The van der Waals surface area contributed by atoms with Crippen molar-refractivity contribution in [2.75, 3.05) is 35.2 Å². The molecule has 0 atom stereocenters. The Labute approximate surface area is 247 Å². The Bertz CT molecular complexity index is 1440. The van der Waals surface area contributed by atoms with E-state index in [1.54, 1.807) is 35.4 Å². The van der Waals surface area contributed by atoms with Crippen molar-refractivity contribution >= 4 is 29.2 Å². The molecule has 0 radical (unpaired) electrons. The second-order valence-electron chi connectivity index (χ2n) is 12.8. The first-order chi connectivity index (χ1) is 19.9. The molecule has 1 fully saturated rings. The zero-order valence-electron chi connectivity index (χ0n) is 25.0. The van der Waals surface area contributed by atoms with Crippen LogP contribution in [0.15, 0.2) is 60.8 Å². The number of pyridine rings is 1. The molecular formula is C33H40FN5O3. The number of fused-ring (bicyclic) bond motifs is 1. The van der Waals surface area contributed by atoms with Crippen LogP contribution in [-0.2, 0) is 16.7 Å². The molecule has 2 N–H and O–H groups in total. The highest BCUT2D eigenvalue weighted by Crippen LogP contribution is 2.44. The SMILES string of the molecule is CC(C)(C)OC(=O)N1CCC(N2CC(C)(C)c3ccc(NC(=O)c4cccnc4NCc4ccc(F)cc4)cc32)CC1. The van der Waals surface area contributed by atoms with E-state index in [-0.39, 0.29) is 29.3 Å². The summed E-state index contributed by atoms with van der Waals surface area (Å²) in [4.78, 5) is 34.6. The number of anilines is 3. The number of piperidine rings is 1. The highest BCUT2D eigenvalue weighted by atomic mass is 19.1. The zero-order valence-corrected chi connectivity index (χ0v) is 25.0. The topological polar surface area (TPSA) is 86.8 Å². The van der Waals surface area contributed by atoms with Crippen LogP contribution in [0.4, 0.5) is 26.4 Å². The molecule has 42 heavy (non-hydrogen) atoms. The number of ether oxygens (including phenoxy) is 1. The van der Waals surface area contributed by atoms with Crippen molar-refractivity contribution in [3.8, 4) is 0 Å². The van der Waals surface area contributed by atoms with Crippen LogP contribution >= 0.6 is 0 Å². The van der Waals surface area contributed by atoms with Gasteiger partial charge in [-0.3, -0.25) is 4.79 Å². The molecule has 3 aromatic rings. The summed E-state index contributed by atoms with van der Waals surface area (Å²) < 4.78 is 18.8. The first-order valence-corrected chi connectivity index (χ1v) is 14.5. The van der Waals surface area contributed by atoms with Crippen molar-refractivity contribution in [1.82, 2.24) is 9.88 Å². The van der Waals surface area contributed by atoms with E-state index in [1.807, 2.05) is 26.8 Å². The molecule has 3 heterocycles. The van der Waals surface area contributed by atoms with E-state index in [9.17, 15) is 14.0 Å². The monoisotopic (exact) mass is 573 g/mol. The molecule has 2 aliphatic heterocycles. The van der Waals surface area contributed by atoms with Crippen LogP contribution in [0.3, 0.4) is 0 Å². The highest BCUT2D eigenvalue weighted by molar-refractivity contribution is 6.07. The predicted octanol–water partition coefficient (Wildman–Crippen LogP) is 6.58. The Hall–Kier alpha value is -4.14. The summed E-state index contributed by atoms with van der Waals surface area (Å²) in [5, 5.41) is 6.27. The van der Waals surface area contributed by atoms with Crippen LogP contribution in [-0.4, -0.2) is 53.2 Å². The van der Waals surface area contributed by atoms with Crippen LogP contribution in [0.2, 0.25) is 0 Å². The number of nitrogens with one attached hydrogen (secondary N) is 2. The second kappa shape index (κ2) is 11.6. The molecule has 2 aromatic carbocycles. The van der Waals surface area contributed by atoms with Crippen LogP contribution in [0.25, 0.3) is 0 Å². The predicted molar refractivity (Wildman–Crippen MR) is 164 cm³/mol. The minimum atomic E-state index is -0.512. The van der Waals surface area contributed by atoms with Crippen molar-refractivity contribution in [3.63, 3.8) is 0 Å². The van der Waals surface area contributed by atoms with E-state index in [1.165, 1.54) is 17.7 Å². The minimum absolute atomic E-state index is 0.0407. The van der Waals surface area contributed by atoms with E-state index in [0.717, 1.165) is 30.6 Å². The van der Waals surface area contributed by atoms with Crippen molar-refractivity contribution in [2.24, 2.45) is 0 Å². The molecule has 0 aliphatic carbocycles. The molecule has 0 saturated carbocycles. The lowest BCUT2D eigenvalue weighted by atomic mass is 9.87. The van der Waals surface area contributed by atoms with Gasteiger partial charge in [-0.05, 0) is 81.1 Å². The average molecular weight is 574 g/mol. The summed E-state index contributed by atoms with van der Waals surface area (Å²) in [6.45, 7) is 12.7. The maximum atomic E-state index is 13.4. The van der Waals surface area contributed by atoms with Gasteiger partial charge in [0.2, 0.25) is 0 Å².